The summed E-state index contributed by atoms with van der Waals surface area (Å²) in [6, 6.07) is 9.86. The van der Waals surface area contributed by atoms with E-state index in [1.165, 1.54) is 12.1 Å². The number of hydrogen-bond acceptors (Lipinski definition) is 1. The molecule has 0 aliphatic heterocycles. The maximum atomic E-state index is 12.6. The SMILES string of the molecule is CC.Cc1cc(-c2cccc(C(F)(F)F)c2)ccc1O. The van der Waals surface area contributed by atoms with Crippen molar-refractivity contribution in [2.45, 2.75) is 26.9 Å². The van der Waals surface area contributed by atoms with E-state index < -0.39 is 11.7 Å². The highest BCUT2D eigenvalue weighted by Crippen LogP contribution is 2.33. The van der Waals surface area contributed by atoms with Crippen LogP contribution in [0.3, 0.4) is 0 Å². The molecule has 0 bridgehead atoms. The van der Waals surface area contributed by atoms with Gasteiger partial charge in [0.25, 0.3) is 0 Å². The number of phenols is 1. The molecule has 20 heavy (non-hydrogen) atoms. The lowest BCUT2D eigenvalue weighted by Gasteiger charge is -2.09. The van der Waals surface area contributed by atoms with Gasteiger partial charge in [-0.25, -0.2) is 0 Å². The van der Waals surface area contributed by atoms with Gasteiger partial charge in [0.15, 0.2) is 0 Å². The Morgan fingerprint density at radius 1 is 0.900 bits per heavy atom. The molecule has 0 saturated carbocycles. The molecule has 2 aromatic rings. The zero-order valence-corrected chi connectivity index (χ0v) is 11.6. The number of aromatic hydroxyl groups is 1. The molecule has 0 radical (unpaired) electrons. The maximum Gasteiger partial charge on any atom is 0.416 e. The van der Waals surface area contributed by atoms with E-state index in [2.05, 4.69) is 0 Å². The highest BCUT2D eigenvalue weighted by Gasteiger charge is 2.30. The van der Waals surface area contributed by atoms with E-state index in [0.29, 0.717) is 16.7 Å². The lowest BCUT2D eigenvalue weighted by Crippen LogP contribution is -2.04. The van der Waals surface area contributed by atoms with Crippen molar-refractivity contribution in [1.82, 2.24) is 0 Å². The molecule has 0 fully saturated rings. The van der Waals surface area contributed by atoms with Gasteiger partial charge in [0.05, 0.1) is 5.56 Å². The van der Waals surface area contributed by atoms with Crippen molar-refractivity contribution in [3.05, 3.63) is 53.6 Å². The van der Waals surface area contributed by atoms with E-state index >= 15 is 0 Å². The minimum Gasteiger partial charge on any atom is -0.508 e. The van der Waals surface area contributed by atoms with Crippen LogP contribution in [0.15, 0.2) is 42.5 Å². The first kappa shape index (κ1) is 16.1. The fourth-order valence-electron chi connectivity index (χ4n) is 1.71. The number of rotatable bonds is 1. The maximum absolute atomic E-state index is 12.6. The lowest BCUT2D eigenvalue weighted by atomic mass is 10.0. The summed E-state index contributed by atoms with van der Waals surface area (Å²) in [5, 5.41) is 9.39. The van der Waals surface area contributed by atoms with Gasteiger partial charge in [-0.3, -0.25) is 0 Å². The van der Waals surface area contributed by atoms with Gasteiger partial charge in [0, 0.05) is 0 Å². The number of halogens is 3. The number of benzene rings is 2. The van der Waals surface area contributed by atoms with Crippen molar-refractivity contribution >= 4 is 0 Å². The Morgan fingerprint density at radius 3 is 2.05 bits per heavy atom. The van der Waals surface area contributed by atoms with Gasteiger partial charge in [0.1, 0.15) is 5.75 Å². The van der Waals surface area contributed by atoms with Crippen LogP contribution in [0.5, 0.6) is 5.75 Å². The van der Waals surface area contributed by atoms with Crippen LogP contribution in [-0.2, 0) is 6.18 Å². The number of phenolic OH excluding ortho intramolecular Hbond substituents is 1. The molecule has 0 atom stereocenters. The van der Waals surface area contributed by atoms with Crippen LogP contribution in [0.2, 0.25) is 0 Å². The third-order valence-corrected chi connectivity index (χ3v) is 2.72. The normalized spacial score (nSPS) is 10.7. The Morgan fingerprint density at radius 2 is 1.50 bits per heavy atom. The monoisotopic (exact) mass is 282 g/mol. The van der Waals surface area contributed by atoms with Gasteiger partial charge in [-0.05, 0) is 47.9 Å². The summed E-state index contributed by atoms with van der Waals surface area (Å²) in [4.78, 5) is 0. The molecule has 0 heterocycles. The van der Waals surface area contributed by atoms with Crippen LogP contribution in [0.25, 0.3) is 11.1 Å². The van der Waals surface area contributed by atoms with Crippen LogP contribution in [0.1, 0.15) is 25.0 Å². The standard InChI is InChI=1S/C14H11F3O.C2H6/c1-9-7-11(5-6-13(9)18)10-3-2-4-12(8-10)14(15,16)17;1-2/h2-8,18H,1H3;1-2H3. The highest BCUT2D eigenvalue weighted by molar-refractivity contribution is 5.66. The summed E-state index contributed by atoms with van der Waals surface area (Å²) in [6.45, 7) is 5.70. The van der Waals surface area contributed by atoms with Gasteiger partial charge in [-0.2, -0.15) is 13.2 Å². The second kappa shape index (κ2) is 6.46. The van der Waals surface area contributed by atoms with Gasteiger partial charge < -0.3 is 5.11 Å². The number of alkyl halides is 3. The molecule has 0 aliphatic rings. The van der Waals surface area contributed by atoms with Gasteiger partial charge in [0.2, 0.25) is 0 Å². The summed E-state index contributed by atoms with van der Waals surface area (Å²) in [5.74, 6) is 0.130. The van der Waals surface area contributed by atoms with Crippen molar-refractivity contribution in [2.24, 2.45) is 0 Å². The third-order valence-electron chi connectivity index (χ3n) is 2.72. The molecule has 0 unspecified atom stereocenters. The molecule has 0 saturated heterocycles. The van der Waals surface area contributed by atoms with E-state index in [4.69, 9.17) is 0 Å². The minimum absolute atomic E-state index is 0.130. The molecule has 2 aromatic carbocycles. The molecule has 2 rings (SSSR count). The van der Waals surface area contributed by atoms with Gasteiger partial charge in [-0.15, -0.1) is 0 Å². The van der Waals surface area contributed by atoms with Crippen molar-refractivity contribution in [3.8, 4) is 16.9 Å². The second-order valence-electron chi connectivity index (χ2n) is 4.08. The van der Waals surface area contributed by atoms with E-state index in [0.717, 1.165) is 12.1 Å². The third kappa shape index (κ3) is 3.76. The number of aryl methyl sites for hydroxylation is 1. The van der Waals surface area contributed by atoms with Gasteiger partial charge >= 0.3 is 6.18 Å². The van der Waals surface area contributed by atoms with Crippen LogP contribution in [0.4, 0.5) is 13.2 Å². The largest absolute Gasteiger partial charge is 0.508 e. The van der Waals surface area contributed by atoms with E-state index in [-0.39, 0.29) is 5.75 Å². The Kier molecular flexibility index (Phi) is 5.19. The Balaban J connectivity index is 0.000000956. The summed E-state index contributed by atoms with van der Waals surface area (Å²) < 4.78 is 37.8. The first-order valence-electron chi connectivity index (χ1n) is 6.35. The Bertz CT molecular complexity index is 574. The van der Waals surface area contributed by atoms with Crippen molar-refractivity contribution in [3.63, 3.8) is 0 Å². The predicted molar refractivity (Wildman–Crippen MR) is 74.6 cm³/mol. The smallest absolute Gasteiger partial charge is 0.416 e. The van der Waals surface area contributed by atoms with E-state index in [1.54, 1.807) is 25.1 Å². The van der Waals surface area contributed by atoms with Crippen molar-refractivity contribution in [2.75, 3.05) is 0 Å². The quantitative estimate of drug-likeness (QED) is 0.741. The van der Waals surface area contributed by atoms with E-state index in [1.807, 2.05) is 13.8 Å². The van der Waals surface area contributed by atoms with Crippen molar-refractivity contribution < 1.29 is 18.3 Å². The Labute approximate surface area is 116 Å². The average molecular weight is 282 g/mol. The lowest BCUT2D eigenvalue weighted by molar-refractivity contribution is -0.137. The zero-order valence-electron chi connectivity index (χ0n) is 11.6. The minimum atomic E-state index is -4.35. The highest BCUT2D eigenvalue weighted by atomic mass is 19.4. The first-order chi connectivity index (χ1) is 9.38. The van der Waals surface area contributed by atoms with Crippen LogP contribution in [0, 0.1) is 6.92 Å². The summed E-state index contributed by atoms with van der Waals surface area (Å²) in [5.41, 5.74) is 1.08. The predicted octanol–water partition coefficient (Wildman–Crippen LogP) is 5.41. The molecule has 0 amide bonds. The van der Waals surface area contributed by atoms with Crippen LogP contribution < -0.4 is 0 Å². The molecular weight excluding hydrogens is 265 g/mol. The first-order valence-corrected chi connectivity index (χ1v) is 6.35. The molecule has 0 aromatic heterocycles. The number of hydrogen-bond donors (Lipinski definition) is 1. The fourth-order valence-corrected chi connectivity index (χ4v) is 1.71. The molecule has 4 heteroatoms. The second-order valence-corrected chi connectivity index (χ2v) is 4.08. The van der Waals surface area contributed by atoms with Crippen LogP contribution >= 0.6 is 0 Å². The average Bonchev–Trinajstić information content (AvgIpc) is 2.43. The topological polar surface area (TPSA) is 20.2 Å². The molecule has 0 spiro atoms. The van der Waals surface area contributed by atoms with Crippen molar-refractivity contribution in [1.29, 1.82) is 0 Å². The Hall–Kier alpha value is -1.97. The summed E-state index contributed by atoms with van der Waals surface area (Å²) >= 11 is 0. The molecule has 0 aliphatic carbocycles. The summed E-state index contributed by atoms with van der Waals surface area (Å²) in [6.07, 6.45) is -4.35. The molecule has 1 nitrogen and oxygen atoms in total. The molecule has 1 N–H and O–H groups in total. The van der Waals surface area contributed by atoms with Gasteiger partial charge in [-0.1, -0.05) is 32.0 Å². The summed E-state index contributed by atoms with van der Waals surface area (Å²) in [7, 11) is 0. The zero-order chi connectivity index (χ0) is 15.3. The fraction of sp³-hybridized carbons (Fsp3) is 0.250. The van der Waals surface area contributed by atoms with E-state index in [9.17, 15) is 18.3 Å². The van der Waals surface area contributed by atoms with Crippen LogP contribution in [-0.4, -0.2) is 5.11 Å². The molecular formula is C16H17F3O. The molecule has 108 valence electrons.